The fourth-order valence-corrected chi connectivity index (χ4v) is 3.18. The number of H-pyrrole nitrogens is 1. The van der Waals surface area contributed by atoms with Crippen LogP contribution in [0.4, 0.5) is 11.1 Å². The highest BCUT2D eigenvalue weighted by Gasteiger charge is 2.10. The standard InChI is InChI=1S/C17H22N6O2S/c1-10-11(2)26-17(20-10)23-16-21-13-4-3-12(9-14(13)22-16)15(24)19-6-8-25-7-5-18/h3-4,9H,5-8,18H2,1-2H3,(H,19,24)(H2,20,21,22,23). The topological polar surface area (TPSA) is 118 Å². The van der Waals surface area contributed by atoms with Crippen LogP contribution in [0.1, 0.15) is 20.9 Å². The molecule has 0 bridgehead atoms. The second kappa shape index (κ2) is 8.26. The van der Waals surface area contributed by atoms with Crippen molar-refractivity contribution < 1.29 is 9.53 Å². The monoisotopic (exact) mass is 374 g/mol. The number of aromatic amines is 1. The summed E-state index contributed by atoms with van der Waals surface area (Å²) in [5.41, 5.74) is 8.47. The lowest BCUT2D eigenvalue weighted by molar-refractivity contribution is 0.0920. The Kier molecular flexibility index (Phi) is 5.82. The van der Waals surface area contributed by atoms with Gasteiger partial charge in [-0.15, -0.1) is 11.3 Å². The van der Waals surface area contributed by atoms with Gasteiger partial charge >= 0.3 is 0 Å². The molecule has 0 atom stereocenters. The molecule has 0 aliphatic rings. The maximum atomic E-state index is 12.2. The van der Waals surface area contributed by atoms with Crippen LogP contribution in [-0.2, 0) is 4.74 Å². The normalized spacial score (nSPS) is 11.0. The largest absolute Gasteiger partial charge is 0.378 e. The van der Waals surface area contributed by atoms with Gasteiger partial charge in [-0.2, -0.15) is 0 Å². The first kappa shape index (κ1) is 18.3. The number of nitrogens with one attached hydrogen (secondary N) is 3. The quantitative estimate of drug-likeness (QED) is 0.448. The van der Waals surface area contributed by atoms with Crippen molar-refractivity contribution >= 4 is 39.4 Å². The van der Waals surface area contributed by atoms with Crippen LogP contribution in [0.25, 0.3) is 11.0 Å². The lowest BCUT2D eigenvalue weighted by Gasteiger charge is -2.05. The van der Waals surface area contributed by atoms with Gasteiger partial charge < -0.3 is 26.1 Å². The maximum Gasteiger partial charge on any atom is 0.251 e. The summed E-state index contributed by atoms with van der Waals surface area (Å²) in [6.07, 6.45) is 0. The van der Waals surface area contributed by atoms with E-state index in [0.717, 1.165) is 26.7 Å². The number of imidazole rings is 1. The van der Waals surface area contributed by atoms with E-state index in [0.29, 0.717) is 37.8 Å². The third kappa shape index (κ3) is 4.37. The van der Waals surface area contributed by atoms with E-state index in [1.54, 1.807) is 23.5 Å². The number of amides is 1. The van der Waals surface area contributed by atoms with Crippen LogP contribution in [0.15, 0.2) is 18.2 Å². The molecule has 2 aromatic heterocycles. The number of nitrogens with zero attached hydrogens (tertiary/aromatic N) is 2. The van der Waals surface area contributed by atoms with E-state index in [2.05, 4.69) is 25.6 Å². The summed E-state index contributed by atoms with van der Waals surface area (Å²) in [5.74, 6) is 0.444. The van der Waals surface area contributed by atoms with Crippen LogP contribution in [0.5, 0.6) is 0 Å². The highest BCUT2D eigenvalue weighted by atomic mass is 32.1. The van der Waals surface area contributed by atoms with Crippen molar-refractivity contribution in [2.75, 3.05) is 31.6 Å². The summed E-state index contributed by atoms with van der Waals surface area (Å²) in [6, 6.07) is 5.35. The van der Waals surface area contributed by atoms with E-state index >= 15 is 0 Å². The zero-order valence-electron chi connectivity index (χ0n) is 14.8. The summed E-state index contributed by atoms with van der Waals surface area (Å²) < 4.78 is 5.24. The molecule has 0 aliphatic carbocycles. The first-order valence-corrected chi connectivity index (χ1v) is 9.15. The number of rotatable bonds is 8. The number of carbonyl (C=O) groups is 1. The van der Waals surface area contributed by atoms with Gasteiger partial charge in [0.25, 0.3) is 5.91 Å². The minimum atomic E-state index is -0.154. The van der Waals surface area contributed by atoms with E-state index in [1.807, 2.05) is 19.9 Å². The molecule has 5 N–H and O–H groups in total. The minimum absolute atomic E-state index is 0.154. The lowest BCUT2D eigenvalue weighted by atomic mass is 10.2. The molecule has 3 aromatic rings. The molecule has 0 spiro atoms. The Morgan fingerprint density at radius 3 is 2.88 bits per heavy atom. The molecular formula is C17H22N6O2S. The number of ether oxygens (including phenoxy) is 1. The van der Waals surface area contributed by atoms with Gasteiger partial charge in [0.05, 0.1) is 29.9 Å². The van der Waals surface area contributed by atoms with Gasteiger partial charge in [-0.05, 0) is 32.0 Å². The predicted octanol–water partition coefficient (Wildman–Crippen LogP) is 2.08. The number of nitrogens with two attached hydrogens (primary N) is 1. The number of thiazole rings is 1. The van der Waals surface area contributed by atoms with Gasteiger partial charge in [-0.3, -0.25) is 4.79 Å². The number of fused-ring (bicyclic) bond motifs is 1. The predicted molar refractivity (Wildman–Crippen MR) is 103 cm³/mol. The number of hydrogen-bond donors (Lipinski definition) is 4. The molecule has 1 amide bonds. The number of hydrogen-bond acceptors (Lipinski definition) is 7. The molecule has 0 fully saturated rings. The number of carbonyl (C=O) groups excluding carboxylic acids is 1. The van der Waals surface area contributed by atoms with Gasteiger partial charge in [-0.1, -0.05) is 0 Å². The zero-order chi connectivity index (χ0) is 18.5. The Bertz CT molecular complexity index is 884. The fraction of sp³-hybridized carbons (Fsp3) is 0.353. The number of anilines is 2. The van der Waals surface area contributed by atoms with E-state index in [-0.39, 0.29) is 5.91 Å². The Labute approximate surface area is 155 Å². The third-order valence-corrected chi connectivity index (χ3v) is 4.78. The Hall–Kier alpha value is -2.49. The minimum Gasteiger partial charge on any atom is -0.378 e. The fourth-order valence-electron chi connectivity index (χ4n) is 2.36. The summed E-state index contributed by atoms with van der Waals surface area (Å²) in [6.45, 7) is 5.85. The Balaban J connectivity index is 1.66. The van der Waals surface area contributed by atoms with Crippen LogP contribution in [0, 0.1) is 13.8 Å². The van der Waals surface area contributed by atoms with Gasteiger partial charge in [0.2, 0.25) is 5.95 Å². The highest BCUT2D eigenvalue weighted by molar-refractivity contribution is 7.15. The Morgan fingerprint density at radius 2 is 2.15 bits per heavy atom. The molecule has 1 aromatic carbocycles. The van der Waals surface area contributed by atoms with Crippen molar-refractivity contribution in [3.8, 4) is 0 Å². The molecule has 0 unspecified atom stereocenters. The third-order valence-electron chi connectivity index (χ3n) is 3.79. The van der Waals surface area contributed by atoms with Crippen LogP contribution < -0.4 is 16.4 Å². The van der Waals surface area contributed by atoms with Crippen molar-refractivity contribution in [3.05, 3.63) is 34.3 Å². The van der Waals surface area contributed by atoms with E-state index in [9.17, 15) is 4.79 Å². The van der Waals surface area contributed by atoms with Crippen LogP contribution in [-0.4, -0.2) is 47.2 Å². The smallest absolute Gasteiger partial charge is 0.251 e. The molecule has 0 radical (unpaired) electrons. The number of aryl methyl sites for hydroxylation is 2. The molecule has 3 rings (SSSR count). The van der Waals surface area contributed by atoms with Crippen molar-refractivity contribution in [2.24, 2.45) is 5.73 Å². The Morgan fingerprint density at radius 1 is 1.31 bits per heavy atom. The second-order valence-corrected chi connectivity index (χ2v) is 6.96. The summed E-state index contributed by atoms with van der Waals surface area (Å²) in [4.78, 5) is 25.5. The molecular weight excluding hydrogens is 352 g/mol. The van der Waals surface area contributed by atoms with E-state index < -0.39 is 0 Å². The lowest BCUT2D eigenvalue weighted by Crippen LogP contribution is -2.27. The van der Waals surface area contributed by atoms with E-state index in [4.69, 9.17) is 10.5 Å². The van der Waals surface area contributed by atoms with Crippen molar-refractivity contribution in [3.63, 3.8) is 0 Å². The zero-order valence-corrected chi connectivity index (χ0v) is 15.6. The molecule has 0 saturated carbocycles. The molecule has 0 aliphatic heterocycles. The molecule has 0 saturated heterocycles. The second-order valence-electron chi connectivity index (χ2n) is 5.76. The van der Waals surface area contributed by atoms with Gasteiger partial charge in [0.15, 0.2) is 5.13 Å². The summed E-state index contributed by atoms with van der Waals surface area (Å²) in [7, 11) is 0. The summed E-state index contributed by atoms with van der Waals surface area (Å²) >= 11 is 1.58. The van der Waals surface area contributed by atoms with Gasteiger partial charge in [0.1, 0.15) is 0 Å². The SMILES string of the molecule is Cc1nc(Nc2nc3ccc(C(=O)NCCOCCN)cc3[nH]2)sc1C. The van der Waals surface area contributed by atoms with Crippen molar-refractivity contribution in [1.82, 2.24) is 20.3 Å². The number of aromatic nitrogens is 3. The van der Waals surface area contributed by atoms with Gasteiger partial charge in [0, 0.05) is 23.5 Å². The maximum absolute atomic E-state index is 12.2. The average Bonchev–Trinajstić information content (AvgIpc) is 3.16. The molecule has 138 valence electrons. The molecule has 2 heterocycles. The van der Waals surface area contributed by atoms with Gasteiger partial charge in [-0.25, -0.2) is 9.97 Å². The number of benzene rings is 1. The molecule has 26 heavy (non-hydrogen) atoms. The van der Waals surface area contributed by atoms with Crippen molar-refractivity contribution in [1.29, 1.82) is 0 Å². The van der Waals surface area contributed by atoms with Crippen LogP contribution in [0.3, 0.4) is 0 Å². The first-order chi connectivity index (χ1) is 12.6. The van der Waals surface area contributed by atoms with Crippen LogP contribution in [0.2, 0.25) is 0 Å². The first-order valence-electron chi connectivity index (χ1n) is 8.33. The van der Waals surface area contributed by atoms with Crippen LogP contribution >= 0.6 is 11.3 Å². The average molecular weight is 374 g/mol. The summed E-state index contributed by atoms with van der Waals surface area (Å²) in [5, 5.41) is 6.77. The van der Waals surface area contributed by atoms with E-state index in [1.165, 1.54) is 0 Å². The highest BCUT2D eigenvalue weighted by Crippen LogP contribution is 2.25. The molecule has 9 heteroatoms. The molecule has 8 nitrogen and oxygen atoms in total. The van der Waals surface area contributed by atoms with Crippen molar-refractivity contribution in [2.45, 2.75) is 13.8 Å².